The third kappa shape index (κ3) is 3.36. The van der Waals surface area contributed by atoms with E-state index in [0.29, 0.717) is 6.54 Å². The molecule has 0 aliphatic heterocycles. The van der Waals surface area contributed by atoms with Gasteiger partial charge in [0.25, 0.3) is 5.69 Å². The summed E-state index contributed by atoms with van der Waals surface area (Å²) in [6.45, 7) is 1.51. The smallest absolute Gasteiger partial charge is 0.270 e. The molecule has 124 valence electrons. The largest absolute Gasteiger partial charge is 0.308 e. The van der Waals surface area contributed by atoms with Crippen molar-refractivity contribution in [2.24, 2.45) is 4.99 Å². The minimum absolute atomic E-state index is 0.119. The minimum atomic E-state index is -0.339. The lowest BCUT2D eigenvalue weighted by atomic mass is 9.97. The summed E-state index contributed by atoms with van der Waals surface area (Å²) in [4.78, 5) is 17.8. The summed E-state index contributed by atoms with van der Waals surface area (Å²) in [6, 6.07) is 13.4. The summed E-state index contributed by atoms with van der Waals surface area (Å²) in [5, 5.41) is 11.2. The molecule has 0 heterocycles. The van der Waals surface area contributed by atoms with Crippen LogP contribution in [0.4, 0.5) is 5.69 Å². The molecule has 1 aliphatic carbocycles. The number of aliphatic imine (C=N–C) groups is 1. The van der Waals surface area contributed by atoms with Gasteiger partial charge in [0.15, 0.2) is 0 Å². The molecule has 0 amide bonds. The quantitative estimate of drug-likeness (QED) is 0.642. The molecule has 0 atom stereocenters. The molecule has 0 saturated carbocycles. The summed E-state index contributed by atoms with van der Waals surface area (Å²) in [5.41, 5.74) is 5.36. The van der Waals surface area contributed by atoms with Crippen molar-refractivity contribution in [3.63, 3.8) is 0 Å². The molecule has 0 unspecified atom stereocenters. The monoisotopic (exact) mass is 323 g/mol. The minimum Gasteiger partial charge on any atom is -0.308 e. The van der Waals surface area contributed by atoms with Gasteiger partial charge in [-0.15, -0.1) is 0 Å². The fourth-order valence-electron chi connectivity index (χ4n) is 3.03. The van der Waals surface area contributed by atoms with Crippen molar-refractivity contribution in [2.75, 3.05) is 27.2 Å². The number of likely N-dealkylation sites (N-methyl/N-ethyl adjacent to an activating group) is 1. The van der Waals surface area contributed by atoms with Gasteiger partial charge in [-0.1, -0.05) is 30.3 Å². The first-order valence-electron chi connectivity index (χ1n) is 8.11. The van der Waals surface area contributed by atoms with Crippen LogP contribution in [0.5, 0.6) is 0 Å². The van der Waals surface area contributed by atoms with Crippen molar-refractivity contribution < 1.29 is 4.92 Å². The van der Waals surface area contributed by atoms with Gasteiger partial charge < -0.3 is 4.90 Å². The third-order valence-corrected chi connectivity index (χ3v) is 4.31. The molecule has 2 aromatic rings. The van der Waals surface area contributed by atoms with Crippen LogP contribution in [-0.2, 0) is 12.8 Å². The van der Waals surface area contributed by atoms with Gasteiger partial charge in [-0.05, 0) is 38.1 Å². The van der Waals surface area contributed by atoms with Crippen LogP contribution >= 0.6 is 0 Å². The van der Waals surface area contributed by atoms with E-state index >= 15 is 0 Å². The van der Waals surface area contributed by atoms with Gasteiger partial charge in [-0.2, -0.15) is 0 Å². The summed E-state index contributed by atoms with van der Waals surface area (Å²) < 4.78 is 0. The Hall–Kier alpha value is -2.53. The highest BCUT2D eigenvalue weighted by atomic mass is 16.6. The molecule has 2 aromatic carbocycles. The number of fused-ring (bicyclic) bond motifs is 2. The summed E-state index contributed by atoms with van der Waals surface area (Å²) in [7, 11) is 4.03. The number of hydrogen-bond acceptors (Lipinski definition) is 4. The van der Waals surface area contributed by atoms with E-state index in [1.54, 1.807) is 12.1 Å². The number of rotatable bonds is 4. The van der Waals surface area contributed by atoms with Crippen LogP contribution in [0.25, 0.3) is 0 Å². The van der Waals surface area contributed by atoms with Crippen LogP contribution in [0.3, 0.4) is 0 Å². The maximum Gasteiger partial charge on any atom is 0.270 e. The van der Waals surface area contributed by atoms with Crippen LogP contribution in [0, 0.1) is 10.1 Å². The molecule has 0 fully saturated rings. The van der Waals surface area contributed by atoms with Crippen LogP contribution in [-0.4, -0.2) is 42.7 Å². The van der Waals surface area contributed by atoms with E-state index < -0.39 is 0 Å². The average Bonchev–Trinajstić information content (AvgIpc) is 2.71. The predicted molar refractivity (Wildman–Crippen MR) is 96.0 cm³/mol. The van der Waals surface area contributed by atoms with Crippen molar-refractivity contribution in [3.05, 3.63) is 74.8 Å². The maximum absolute atomic E-state index is 11.2. The first kappa shape index (κ1) is 16.3. The van der Waals surface area contributed by atoms with E-state index in [0.717, 1.165) is 41.8 Å². The van der Waals surface area contributed by atoms with Gasteiger partial charge in [0, 0.05) is 29.8 Å². The van der Waals surface area contributed by atoms with Gasteiger partial charge in [-0.3, -0.25) is 15.1 Å². The third-order valence-electron chi connectivity index (χ3n) is 4.31. The van der Waals surface area contributed by atoms with Crippen LogP contribution < -0.4 is 0 Å². The fourth-order valence-corrected chi connectivity index (χ4v) is 3.03. The van der Waals surface area contributed by atoms with Crippen molar-refractivity contribution in [1.29, 1.82) is 0 Å². The molecule has 0 aromatic heterocycles. The Morgan fingerprint density at radius 3 is 2.50 bits per heavy atom. The molecule has 5 heteroatoms. The zero-order valence-corrected chi connectivity index (χ0v) is 14.0. The lowest BCUT2D eigenvalue weighted by Gasteiger charge is -2.12. The van der Waals surface area contributed by atoms with Gasteiger partial charge in [-0.25, -0.2) is 0 Å². The molecule has 0 bridgehead atoms. The molecule has 0 N–H and O–H groups in total. The van der Waals surface area contributed by atoms with Gasteiger partial charge in [0.1, 0.15) is 0 Å². The van der Waals surface area contributed by atoms with E-state index in [9.17, 15) is 10.1 Å². The Morgan fingerprint density at radius 2 is 1.79 bits per heavy atom. The number of nitro benzene ring substituents is 1. The average molecular weight is 323 g/mol. The highest BCUT2D eigenvalue weighted by Crippen LogP contribution is 2.28. The SMILES string of the molecule is CN(C)CC/N=C1/c2ccccc2CCc2ccc([N+](=O)[O-])cc21. The Kier molecular flexibility index (Phi) is 4.71. The first-order valence-corrected chi connectivity index (χ1v) is 8.11. The Morgan fingerprint density at radius 1 is 1.08 bits per heavy atom. The molecule has 0 saturated heterocycles. The van der Waals surface area contributed by atoms with Crippen LogP contribution in [0.15, 0.2) is 47.5 Å². The van der Waals surface area contributed by atoms with E-state index in [1.807, 2.05) is 32.3 Å². The van der Waals surface area contributed by atoms with Gasteiger partial charge >= 0.3 is 0 Å². The zero-order valence-electron chi connectivity index (χ0n) is 14.0. The number of non-ortho nitro benzene ring substituents is 1. The second kappa shape index (κ2) is 6.93. The molecule has 3 rings (SSSR count). The Bertz CT molecular complexity index is 797. The van der Waals surface area contributed by atoms with E-state index in [-0.39, 0.29) is 10.6 Å². The highest BCUT2D eigenvalue weighted by Gasteiger charge is 2.21. The molecule has 5 nitrogen and oxygen atoms in total. The molecular weight excluding hydrogens is 302 g/mol. The second-order valence-corrected chi connectivity index (χ2v) is 6.29. The molecule has 0 radical (unpaired) electrons. The van der Waals surface area contributed by atoms with E-state index in [4.69, 9.17) is 4.99 Å². The topological polar surface area (TPSA) is 58.7 Å². The van der Waals surface area contributed by atoms with Crippen molar-refractivity contribution in [3.8, 4) is 0 Å². The first-order chi connectivity index (χ1) is 11.6. The lowest BCUT2D eigenvalue weighted by Crippen LogP contribution is -2.17. The summed E-state index contributed by atoms with van der Waals surface area (Å²) in [6.07, 6.45) is 1.80. The van der Waals surface area contributed by atoms with Crippen LogP contribution in [0.1, 0.15) is 22.3 Å². The van der Waals surface area contributed by atoms with Crippen LogP contribution in [0.2, 0.25) is 0 Å². The van der Waals surface area contributed by atoms with Gasteiger partial charge in [0.05, 0.1) is 17.2 Å². The van der Waals surface area contributed by atoms with Crippen molar-refractivity contribution >= 4 is 11.4 Å². The molecule has 0 spiro atoms. The Labute approximate surface area is 141 Å². The number of nitro groups is 1. The summed E-state index contributed by atoms with van der Waals surface area (Å²) in [5.74, 6) is 0. The fraction of sp³-hybridized carbons (Fsp3) is 0.316. The Balaban J connectivity index is 2.13. The van der Waals surface area contributed by atoms with E-state index in [1.165, 1.54) is 5.56 Å². The van der Waals surface area contributed by atoms with Gasteiger partial charge in [0.2, 0.25) is 0 Å². The number of nitrogens with zero attached hydrogens (tertiary/aromatic N) is 3. The second-order valence-electron chi connectivity index (χ2n) is 6.29. The molecule has 1 aliphatic rings. The maximum atomic E-state index is 11.2. The lowest BCUT2D eigenvalue weighted by molar-refractivity contribution is -0.384. The number of aryl methyl sites for hydroxylation is 2. The summed E-state index contributed by atoms with van der Waals surface area (Å²) >= 11 is 0. The van der Waals surface area contributed by atoms with E-state index in [2.05, 4.69) is 17.0 Å². The zero-order chi connectivity index (χ0) is 17.1. The van der Waals surface area contributed by atoms with Crippen molar-refractivity contribution in [1.82, 2.24) is 4.90 Å². The highest BCUT2D eigenvalue weighted by molar-refractivity contribution is 6.15. The standard InChI is InChI=1S/C19H21N3O2/c1-21(2)12-11-20-19-17-6-4-3-5-14(17)7-8-15-9-10-16(22(23)24)13-18(15)19/h3-6,9-10,13H,7-8,11-12H2,1-2H3/b20-19-. The van der Waals surface area contributed by atoms with Crippen molar-refractivity contribution in [2.45, 2.75) is 12.8 Å². The number of hydrogen-bond donors (Lipinski definition) is 0. The molecule has 24 heavy (non-hydrogen) atoms. The molecular formula is C19H21N3O2. The predicted octanol–water partition coefficient (Wildman–Crippen LogP) is 3.09. The normalized spacial score (nSPS) is 15.0. The number of benzene rings is 2.